The fraction of sp³-hybridized carbons (Fsp3) is 0.273. The molecule has 0 amide bonds. The van der Waals surface area contributed by atoms with Gasteiger partial charge in [0.2, 0.25) is 0 Å². The molecule has 0 nitrogen and oxygen atoms in total. The molecule has 0 bridgehead atoms. The third kappa shape index (κ3) is 6.34. The van der Waals surface area contributed by atoms with Gasteiger partial charge in [0.1, 0.15) is 0 Å². The van der Waals surface area contributed by atoms with Crippen LogP contribution in [0.1, 0.15) is 48.9 Å². The summed E-state index contributed by atoms with van der Waals surface area (Å²) in [5.74, 6) is 5.19. The van der Waals surface area contributed by atoms with Crippen LogP contribution in [0.4, 0.5) is 0 Å². The summed E-state index contributed by atoms with van der Waals surface area (Å²) in [7, 11) is 0. The highest BCUT2D eigenvalue weighted by Crippen LogP contribution is 2.05. The SMILES string of the molecule is C#Cc1ccc(CCC)cc1.C#Cc1ccc(CCC)cc1. The zero-order valence-corrected chi connectivity index (χ0v) is 13.6. The second-order valence-corrected chi connectivity index (χ2v) is 5.18. The molecule has 0 saturated carbocycles. The number of benzene rings is 2. The molecular weight excluding hydrogens is 264 g/mol. The van der Waals surface area contributed by atoms with Crippen LogP contribution in [0.5, 0.6) is 0 Å². The average Bonchev–Trinajstić information content (AvgIpc) is 2.57. The molecule has 0 aliphatic carbocycles. The summed E-state index contributed by atoms with van der Waals surface area (Å²) in [6, 6.07) is 16.3. The maximum atomic E-state index is 5.22. The van der Waals surface area contributed by atoms with Crippen LogP contribution in [0.15, 0.2) is 48.5 Å². The van der Waals surface area contributed by atoms with Crippen molar-refractivity contribution in [3.05, 3.63) is 70.8 Å². The second-order valence-electron chi connectivity index (χ2n) is 5.18. The van der Waals surface area contributed by atoms with Crippen LogP contribution >= 0.6 is 0 Å². The summed E-state index contributed by atoms with van der Waals surface area (Å²) in [6.07, 6.45) is 15.1. The fourth-order valence-electron chi connectivity index (χ4n) is 2.11. The maximum Gasteiger partial charge on any atom is 0.0242 e. The van der Waals surface area contributed by atoms with E-state index in [9.17, 15) is 0 Å². The minimum atomic E-state index is 0.963. The molecule has 0 spiro atoms. The van der Waals surface area contributed by atoms with Gasteiger partial charge in [-0.2, -0.15) is 0 Å². The van der Waals surface area contributed by atoms with Crippen molar-refractivity contribution in [2.45, 2.75) is 39.5 Å². The first-order chi connectivity index (χ1) is 10.7. The van der Waals surface area contributed by atoms with Gasteiger partial charge >= 0.3 is 0 Å². The number of hydrogen-bond donors (Lipinski definition) is 0. The third-order valence-corrected chi connectivity index (χ3v) is 3.32. The molecule has 22 heavy (non-hydrogen) atoms. The van der Waals surface area contributed by atoms with Crippen molar-refractivity contribution in [1.82, 2.24) is 0 Å². The summed E-state index contributed by atoms with van der Waals surface area (Å²) in [4.78, 5) is 0. The van der Waals surface area contributed by atoms with Gasteiger partial charge < -0.3 is 0 Å². The van der Waals surface area contributed by atoms with E-state index in [0.29, 0.717) is 0 Å². The molecule has 0 aliphatic heterocycles. The Labute approximate surface area is 135 Å². The summed E-state index contributed by atoms with van der Waals surface area (Å²) in [5.41, 5.74) is 4.66. The Morgan fingerprint density at radius 2 is 0.955 bits per heavy atom. The van der Waals surface area contributed by atoms with Crippen molar-refractivity contribution in [2.24, 2.45) is 0 Å². The smallest absolute Gasteiger partial charge is 0.0242 e. The van der Waals surface area contributed by atoms with Crippen molar-refractivity contribution >= 4 is 0 Å². The predicted octanol–water partition coefficient (Wildman–Crippen LogP) is 5.24. The van der Waals surface area contributed by atoms with Gasteiger partial charge in [0, 0.05) is 11.1 Å². The molecule has 0 atom stereocenters. The first kappa shape index (κ1) is 17.6. The molecule has 0 radical (unpaired) electrons. The van der Waals surface area contributed by atoms with Crippen LogP contribution in [0.2, 0.25) is 0 Å². The van der Waals surface area contributed by atoms with Crippen LogP contribution in [0.25, 0.3) is 0 Å². The Balaban J connectivity index is 0.000000220. The number of rotatable bonds is 4. The number of hydrogen-bond acceptors (Lipinski definition) is 0. The lowest BCUT2D eigenvalue weighted by atomic mass is 10.1. The minimum Gasteiger partial charge on any atom is -0.115 e. The van der Waals surface area contributed by atoms with Crippen molar-refractivity contribution < 1.29 is 0 Å². The first-order valence-corrected chi connectivity index (χ1v) is 7.84. The first-order valence-electron chi connectivity index (χ1n) is 7.84. The van der Waals surface area contributed by atoms with Crippen LogP contribution in [0, 0.1) is 24.7 Å². The molecule has 0 aliphatic rings. The molecule has 0 fully saturated rings. The molecule has 0 N–H and O–H groups in total. The molecule has 0 aromatic heterocycles. The number of terminal acetylenes is 2. The maximum absolute atomic E-state index is 5.22. The molecule has 0 heteroatoms. The Morgan fingerprint density at radius 1 is 0.636 bits per heavy atom. The van der Waals surface area contributed by atoms with E-state index in [0.717, 1.165) is 24.0 Å². The topological polar surface area (TPSA) is 0 Å². The van der Waals surface area contributed by atoms with Gasteiger partial charge in [0.25, 0.3) is 0 Å². The molecule has 0 heterocycles. The Hall–Kier alpha value is -2.44. The highest BCUT2D eigenvalue weighted by atomic mass is 14.0. The average molecular weight is 288 g/mol. The highest BCUT2D eigenvalue weighted by Gasteiger charge is 1.90. The largest absolute Gasteiger partial charge is 0.115 e. The monoisotopic (exact) mass is 288 g/mol. The van der Waals surface area contributed by atoms with Crippen molar-refractivity contribution in [1.29, 1.82) is 0 Å². The lowest BCUT2D eigenvalue weighted by molar-refractivity contribution is 0.922. The minimum absolute atomic E-state index is 0.963. The van der Waals surface area contributed by atoms with Crippen LogP contribution in [-0.2, 0) is 12.8 Å². The lowest BCUT2D eigenvalue weighted by Crippen LogP contribution is -1.82. The zero-order valence-electron chi connectivity index (χ0n) is 13.6. The van der Waals surface area contributed by atoms with Gasteiger partial charge in [0.05, 0.1) is 0 Å². The zero-order chi connectivity index (χ0) is 16.2. The van der Waals surface area contributed by atoms with Crippen molar-refractivity contribution in [3.63, 3.8) is 0 Å². The predicted molar refractivity (Wildman–Crippen MR) is 96.7 cm³/mol. The van der Waals surface area contributed by atoms with E-state index < -0.39 is 0 Å². The Bertz CT molecular complexity index is 556. The second kappa shape index (κ2) is 10.3. The molecular formula is C22H24. The fourth-order valence-corrected chi connectivity index (χ4v) is 2.11. The quantitative estimate of drug-likeness (QED) is 0.675. The standard InChI is InChI=1S/2C11H12/c2*1-3-5-11-8-6-10(4-2)7-9-11/h2*2,6-9H,3,5H2,1H3. The van der Waals surface area contributed by atoms with E-state index in [1.165, 1.54) is 24.0 Å². The summed E-state index contributed by atoms with van der Waals surface area (Å²) < 4.78 is 0. The van der Waals surface area contributed by atoms with Crippen LogP contribution in [0.3, 0.4) is 0 Å². The van der Waals surface area contributed by atoms with E-state index in [1.807, 2.05) is 24.3 Å². The van der Waals surface area contributed by atoms with Crippen LogP contribution in [-0.4, -0.2) is 0 Å². The summed E-state index contributed by atoms with van der Waals surface area (Å²) >= 11 is 0. The summed E-state index contributed by atoms with van der Waals surface area (Å²) in [6.45, 7) is 4.35. The van der Waals surface area contributed by atoms with Gasteiger partial charge in [-0.1, -0.05) is 62.8 Å². The molecule has 2 aromatic carbocycles. The Morgan fingerprint density at radius 3 is 1.18 bits per heavy atom. The van der Waals surface area contributed by atoms with Crippen molar-refractivity contribution in [2.75, 3.05) is 0 Å². The van der Waals surface area contributed by atoms with E-state index in [1.54, 1.807) is 0 Å². The van der Waals surface area contributed by atoms with Gasteiger partial charge in [-0.15, -0.1) is 12.8 Å². The molecule has 2 rings (SSSR count). The van der Waals surface area contributed by atoms with Gasteiger partial charge in [-0.25, -0.2) is 0 Å². The van der Waals surface area contributed by atoms with E-state index in [2.05, 4.69) is 50.0 Å². The van der Waals surface area contributed by atoms with Crippen LogP contribution < -0.4 is 0 Å². The normalized spacial score (nSPS) is 9.09. The van der Waals surface area contributed by atoms with E-state index >= 15 is 0 Å². The van der Waals surface area contributed by atoms with Gasteiger partial charge in [-0.05, 0) is 48.2 Å². The molecule has 112 valence electrons. The van der Waals surface area contributed by atoms with Gasteiger partial charge in [0.15, 0.2) is 0 Å². The molecule has 2 aromatic rings. The number of aryl methyl sites for hydroxylation is 2. The highest BCUT2D eigenvalue weighted by molar-refractivity contribution is 5.34. The molecule has 0 unspecified atom stereocenters. The Kier molecular flexibility index (Phi) is 8.25. The van der Waals surface area contributed by atoms with Crippen molar-refractivity contribution in [3.8, 4) is 24.7 Å². The van der Waals surface area contributed by atoms with E-state index in [4.69, 9.17) is 12.8 Å². The molecule has 0 saturated heterocycles. The third-order valence-electron chi connectivity index (χ3n) is 3.32. The lowest BCUT2D eigenvalue weighted by Gasteiger charge is -1.96. The summed E-state index contributed by atoms with van der Waals surface area (Å²) in [5, 5.41) is 0. The van der Waals surface area contributed by atoms with Gasteiger partial charge in [-0.3, -0.25) is 0 Å². The van der Waals surface area contributed by atoms with E-state index in [-0.39, 0.29) is 0 Å².